The average Bonchev–Trinajstić information content (AvgIpc) is 3.02. The lowest BCUT2D eigenvalue weighted by atomic mass is 10.1. The van der Waals surface area contributed by atoms with E-state index in [9.17, 15) is 0 Å². The standard InChI is InChI=1S/C15H26N6O/c1-16-15(18-3-6-20-8-10-22-11-9-20)19-13-2-5-21-7-4-17-14(21)12-13/h4,7,13H,2-3,5-6,8-12H2,1H3,(H2,16,18,19). The van der Waals surface area contributed by atoms with Gasteiger partial charge in [-0.2, -0.15) is 0 Å². The normalized spacial score (nSPS) is 23.1. The Kier molecular flexibility index (Phi) is 5.29. The molecule has 1 aromatic rings. The molecule has 1 saturated heterocycles. The summed E-state index contributed by atoms with van der Waals surface area (Å²) in [6.45, 7) is 6.71. The number of hydrogen-bond acceptors (Lipinski definition) is 4. The van der Waals surface area contributed by atoms with E-state index in [2.05, 4.69) is 36.3 Å². The molecular weight excluding hydrogens is 280 g/mol. The molecule has 1 aromatic heterocycles. The minimum absolute atomic E-state index is 0.407. The predicted octanol–water partition coefficient (Wildman–Crippen LogP) is -0.305. The third kappa shape index (κ3) is 3.98. The molecular formula is C15H26N6O. The van der Waals surface area contributed by atoms with Crippen molar-refractivity contribution in [2.75, 3.05) is 46.4 Å². The minimum atomic E-state index is 0.407. The fraction of sp³-hybridized carbons (Fsp3) is 0.733. The Morgan fingerprint density at radius 3 is 3.09 bits per heavy atom. The molecule has 0 aliphatic carbocycles. The SMILES string of the molecule is CN=C(NCCN1CCOCC1)NC1CCn2ccnc2C1. The van der Waals surface area contributed by atoms with Crippen LogP contribution in [0.15, 0.2) is 17.4 Å². The summed E-state index contributed by atoms with van der Waals surface area (Å²) in [5, 5.41) is 6.93. The quantitative estimate of drug-likeness (QED) is 0.590. The number of guanidine groups is 1. The molecule has 1 atom stereocenters. The highest BCUT2D eigenvalue weighted by molar-refractivity contribution is 5.79. The molecule has 7 heteroatoms. The van der Waals surface area contributed by atoms with Gasteiger partial charge in [-0.15, -0.1) is 0 Å². The van der Waals surface area contributed by atoms with Gasteiger partial charge in [0.25, 0.3) is 0 Å². The molecule has 3 rings (SSSR count). The van der Waals surface area contributed by atoms with Gasteiger partial charge in [0, 0.05) is 64.6 Å². The first kappa shape index (κ1) is 15.3. The smallest absolute Gasteiger partial charge is 0.191 e. The molecule has 0 radical (unpaired) electrons. The van der Waals surface area contributed by atoms with Gasteiger partial charge in [-0.05, 0) is 6.42 Å². The lowest BCUT2D eigenvalue weighted by molar-refractivity contribution is 0.0389. The number of aromatic nitrogens is 2. The largest absolute Gasteiger partial charge is 0.379 e. The van der Waals surface area contributed by atoms with Crippen LogP contribution in [0.3, 0.4) is 0 Å². The number of aliphatic imine (C=N–C) groups is 1. The molecule has 1 fully saturated rings. The highest BCUT2D eigenvalue weighted by Crippen LogP contribution is 2.12. The summed E-state index contributed by atoms with van der Waals surface area (Å²) in [6, 6.07) is 0.407. The van der Waals surface area contributed by atoms with Gasteiger partial charge < -0.3 is 19.9 Å². The fourth-order valence-corrected chi connectivity index (χ4v) is 3.02. The molecule has 2 aliphatic rings. The molecule has 2 aliphatic heterocycles. The summed E-state index contributed by atoms with van der Waals surface area (Å²) in [6.07, 6.45) is 6.00. The molecule has 22 heavy (non-hydrogen) atoms. The maximum Gasteiger partial charge on any atom is 0.191 e. The van der Waals surface area contributed by atoms with Gasteiger partial charge in [-0.1, -0.05) is 0 Å². The van der Waals surface area contributed by atoms with Crippen LogP contribution in [0, 0.1) is 0 Å². The van der Waals surface area contributed by atoms with Crippen LogP contribution in [0.5, 0.6) is 0 Å². The van der Waals surface area contributed by atoms with Crippen LogP contribution in [-0.2, 0) is 17.7 Å². The summed E-state index contributed by atoms with van der Waals surface area (Å²) in [5.74, 6) is 2.05. The molecule has 3 heterocycles. The monoisotopic (exact) mass is 306 g/mol. The topological polar surface area (TPSA) is 66.7 Å². The van der Waals surface area contributed by atoms with Crippen molar-refractivity contribution in [1.82, 2.24) is 25.1 Å². The number of ether oxygens (including phenoxy) is 1. The van der Waals surface area contributed by atoms with Crippen molar-refractivity contribution in [2.45, 2.75) is 25.4 Å². The molecule has 122 valence electrons. The van der Waals surface area contributed by atoms with Crippen LogP contribution < -0.4 is 10.6 Å². The van der Waals surface area contributed by atoms with Crippen LogP contribution in [0.1, 0.15) is 12.2 Å². The molecule has 7 nitrogen and oxygen atoms in total. The molecule has 0 bridgehead atoms. The van der Waals surface area contributed by atoms with Gasteiger partial charge >= 0.3 is 0 Å². The fourth-order valence-electron chi connectivity index (χ4n) is 3.02. The van der Waals surface area contributed by atoms with Gasteiger partial charge in [0.1, 0.15) is 5.82 Å². The van der Waals surface area contributed by atoms with Crippen molar-refractivity contribution in [3.63, 3.8) is 0 Å². The number of aryl methyl sites for hydroxylation is 1. The molecule has 0 saturated carbocycles. The number of nitrogens with one attached hydrogen (secondary N) is 2. The summed E-state index contributed by atoms with van der Waals surface area (Å²) >= 11 is 0. The summed E-state index contributed by atoms with van der Waals surface area (Å²) in [4.78, 5) is 11.2. The average molecular weight is 306 g/mol. The van der Waals surface area contributed by atoms with E-state index in [1.165, 1.54) is 0 Å². The van der Waals surface area contributed by atoms with Crippen LogP contribution in [0.2, 0.25) is 0 Å². The number of fused-ring (bicyclic) bond motifs is 1. The molecule has 1 unspecified atom stereocenters. The predicted molar refractivity (Wildman–Crippen MR) is 86.1 cm³/mol. The Hall–Kier alpha value is -1.60. The zero-order chi connectivity index (χ0) is 15.2. The highest BCUT2D eigenvalue weighted by Gasteiger charge is 2.19. The summed E-state index contributed by atoms with van der Waals surface area (Å²) in [7, 11) is 1.83. The van der Waals surface area contributed by atoms with E-state index in [1.807, 2.05) is 13.2 Å². The van der Waals surface area contributed by atoms with E-state index >= 15 is 0 Å². The van der Waals surface area contributed by atoms with E-state index in [1.54, 1.807) is 0 Å². The Labute approximate surface area is 131 Å². The first-order valence-corrected chi connectivity index (χ1v) is 8.12. The number of nitrogens with zero attached hydrogens (tertiary/aromatic N) is 4. The van der Waals surface area contributed by atoms with Crippen molar-refractivity contribution in [1.29, 1.82) is 0 Å². The maximum absolute atomic E-state index is 5.36. The van der Waals surface area contributed by atoms with E-state index < -0.39 is 0 Å². The van der Waals surface area contributed by atoms with E-state index in [4.69, 9.17) is 4.74 Å². The van der Waals surface area contributed by atoms with Crippen molar-refractivity contribution in [3.8, 4) is 0 Å². The highest BCUT2D eigenvalue weighted by atomic mass is 16.5. The lowest BCUT2D eigenvalue weighted by Gasteiger charge is -2.28. The third-order valence-electron chi connectivity index (χ3n) is 4.34. The second-order valence-corrected chi connectivity index (χ2v) is 5.82. The number of rotatable bonds is 4. The molecule has 2 N–H and O–H groups in total. The minimum Gasteiger partial charge on any atom is -0.379 e. The zero-order valence-corrected chi connectivity index (χ0v) is 13.3. The lowest BCUT2D eigenvalue weighted by Crippen LogP contribution is -2.48. The summed E-state index contributed by atoms with van der Waals surface area (Å²) in [5.41, 5.74) is 0. The molecule has 0 spiro atoms. The molecule has 0 aromatic carbocycles. The van der Waals surface area contributed by atoms with E-state index in [0.717, 1.165) is 70.6 Å². The van der Waals surface area contributed by atoms with Gasteiger partial charge in [-0.25, -0.2) is 4.98 Å². The Bertz CT molecular complexity index is 494. The van der Waals surface area contributed by atoms with Gasteiger partial charge in [0.15, 0.2) is 5.96 Å². The van der Waals surface area contributed by atoms with Crippen molar-refractivity contribution in [2.24, 2.45) is 4.99 Å². The van der Waals surface area contributed by atoms with Crippen LogP contribution >= 0.6 is 0 Å². The zero-order valence-electron chi connectivity index (χ0n) is 13.3. The van der Waals surface area contributed by atoms with Crippen molar-refractivity contribution >= 4 is 5.96 Å². The third-order valence-corrected chi connectivity index (χ3v) is 4.34. The maximum atomic E-state index is 5.36. The second kappa shape index (κ2) is 7.60. The first-order chi connectivity index (χ1) is 10.8. The number of morpholine rings is 1. The van der Waals surface area contributed by atoms with Crippen LogP contribution in [0.4, 0.5) is 0 Å². The molecule has 0 amide bonds. The van der Waals surface area contributed by atoms with Crippen LogP contribution in [-0.4, -0.2) is 72.9 Å². The van der Waals surface area contributed by atoms with Gasteiger partial charge in [0.05, 0.1) is 13.2 Å². The van der Waals surface area contributed by atoms with Gasteiger partial charge in [-0.3, -0.25) is 9.89 Å². The Balaban J connectivity index is 1.40. The van der Waals surface area contributed by atoms with Crippen molar-refractivity contribution in [3.05, 3.63) is 18.2 Å². The Morgan fingerprint density at radius 1 is 1.41 bits per heavy atom. The Morgan fingerprint density at radius 2 is 2.27 bits per heavy atom. The van der Waals surface area contributed by atoms with E-state index in [-0.39, 0.29) is 0 Å². The van der Waals surface area contributed by atoms with Crippen LogP contribution in [0.25, 0.3) is 0 Å². The number of hydrogen-bond donors (Lipinski definition) is 2. The van der Waals surface area contributed by atoms with Crippen molar-refractivity contribution < 1.29 is 4.74 Å². The van der Waals surface area contributed by atoms with E-state index in [0.29, 0.717) is 6.04 Å². The van der Waals surface area contributed by atoms with Gasteiger partial charge in [0.2, 0.25) is 0 Å². The first-order valence-electron chi connectivity index (χ1n) is 8.12. The number of imidazole rings is 1. The second-order valence-electron chi connectivity index (χ2n) is 5.82. The summed E-state index contributed by atoms with van der Waals surface area (Å²) < 4.78 is 7.59.